The van der Waals surface area contributed by atoms with E-state index in [0.717, 1.165) is 38.8 Å². The average Bonchev–Trinajstić information content (AvgIpc) is 2.47. The van der Waals surface area contributed by atoms with Gasteiger partial charge in [-0.1, -0.05) is 26.7 Å². The van der Waals surface area contributed by atoms with E-state index in [1.165, 1.54) is 38.8 Å². The van der Waals surface area contributed by atoms with Gasteiger partial charge in [-0.15, -0.1) is 0 Å². The molecular weight excluding hydrogens is 327 g/mol. The zero-order valence-corrected chi connectivity index (χ0v) is 16.5. The quantitative estimate of drug-likeness (QED) is 0.418. The van der Waals surface area contributed by atoms with Crippen molar-refractivity contribution >= 4 is 20.8 Å². The third-order valence-corrected chi connectivity index (χ3v) is 3.89. The van der Waals surface area contributed by atoms with Gasteiger partial charge in [0.25, 0.3) is 0 Å². The molecule has 4 heteroatoms. The van der Waals surface area contributed by atoms with Crippen molar-refractivity contribution in [3.63, 3.8) is 0 Å². The zero-order valence-electron chi connectivity index (χ0n) is 14.8. The van der Waals surface area contributed by atoms with E-state index in [4.69, 9.17) is 0 Å². The molecule has 0 radical (unpaired) electrons. The number of quaternary nitrogens is 1. The first kappa shape index (κ1) is 23.2. The van der Waals surface area contributed by atoms with Gasteiger partial charge in [-0.3, -0.25) is 0 Å². The molecule has 0 aliphatic heterocycles. The van der Waals surface area contributed by atoms with Gasteiger partial charge in [0.2, 0.25) is 0 Å². The van der Waals surface area contributed by atoms with Gasteiger partial charge in [0, 0.05) is 0 Å². The molecule has 2 N–H and O–H groups in total. The Morgan fingerprint density at radius 3 is 1.48 bits per heavy atom. The van der Waals surface area contributed by atoms with Crippen molar-refractivity contribution in [3.05, 3.63) is 0 Å². The maximum atomic E-state index is 11.0. The van der Waals surface area contributed by atoms with Crippen molar-refractivity contribution in [2.24, 2.45) is 0 Å². The van der Waals surface area contributed by atoms with Crippen LogP contribution in [0.5, 0.6) is 0 Å². The Bertz CT molecular complexity index is 199. The van der Waals surface area contributed by atoms with E-state index in [2.05, 4.69) is 49.0 Å². The maximum Gasteiger partial charge on any atom is 0.0755 e. The number of unbranched alkanes of at least 4 members (excludes halogenated alkanes) is 4. The van der Waals surface area contributed by atoms with Crippen LogP contribution in [0, 0.1) is 0 Å². The van der Waals surface area contributed by atoms with Crippen molar-refractivity contribution in [2.75, 3.05) is 26.2 Å². The van der Waals surface area contributed by atoms with Gasteiger partial charge in [-0.2, -0.15) is 0 Å². The van der Waals surface area contributed by atoms with Gasteiger partial charge < -0.3 is 5.32 Å². The van der Waals surface area contributed by atoms with Gasteiger partial charge in [-0.25, -0.2) is 0 Å². The van der Waals surface area contributed by atoms with Crippen molar-refractivity contribution in [2.45, 2.75) is 79.1 Å². The number of rotatable bonds is 12. The standard InChI is InChI=1S/C9H19NOSe.C8H19N/c1-3-5-7-10(9(11)12)8-6-4-2;1-3-5-7-9-8-6-4-2/h3-8H2,1-2H3,(H,11,12);9H,3-8H2,1-2H3. The first-order valence-electron chi connectivity index (χ1n) is 8.91. The Balaban J connectivity index is 0. The second-order valence-corrected chi connectivity index (χ2v) is 6.27. The minimum atomic E-state index is 0.0944. The summed E-state index contributed by atoms with van der Waals surface area (Å²) in [4.78, 5) is 13.0. The third-order valence-electron chi connectivity index (χ3n) is 3.34. The number of hydrogen-bond donors (Lipinski definition) is 1. The summed E-state index contributed by atoms with van der Waals surface area (Å²) in [5.74, 6) is 0. The van der Waals surface area contributed by atoms with Crippen LogP contribution in [0.2, 0.25) is 0 Å². The molecule has 0 aromatic heterocycles. The predicted octanol–water partition coefficient (Wildman–Crippen LogP) is 3.33. The van der Waals surface area contributed by atoms with Crippen molar-refractivity contribution in [1.29, 1.82) is 0 Å². The Labute approximate surface area is 141 Å². The fourth-order valence-corrected chi connectivity index (χ4v) is 2.22. The summed E-state index contributed by atoms with van der Waals surface area (Å²) in [6.07, 6.45) is 9.94. The Kier molecular flexibility index (Phi) is 22.1. The van der Waals surface area contributed by atoms with Crippen LogP contribution in [-0.2, 0) is 0 Å². The van der Waals surface area contributed by atoms with Crippen LogP contribution < -0.4 is 5.32 Å². The SMILES string of the molecule is CCCCN(CCCC)C(=O)[Se-].CCCC[NH2+]CCCC. The summed E-state index contributed by atoms with van der Waals surface area (Å²) in [6.45, 7) is 13.2. The van der Waals surface area contributed by atoms with Crippen molar-refractivity contribution in [1.82, 2.24) is 4.90 Å². The molecule has 128 valence electrons. The van der Waals surface area contributed by atoms with Crippen LogP contribution in [0.1, 0.15) is 79.1 Å². The molecule has 0 saturated carbocycles. The van der Waals surface area contributed by atoms with Gasteiger partial charge in [0.1, 0.15) is 0 Å². The van der Waals surface area contributed by atoms with E-state index in [1.54, 1.807) is 0 Å². The fraction of sp³-hybridized carbons (Fsp3) is 0.941. The average molecular weight is 365 g/mol. The van der Waals surface area contributed by atoms with Crippen LogP contribution in [0.15, 0.2) is 0 Å². The van der Waals surface area contributed by atoms with Crippen LogP contribution in [0.25, 0.3) is 0 Å². The summed E-state index contributed by atoms with van der Waals surface area (Å²) in [7, 11) is 0. The topological polar surface area (TPSA) is 36.9 Å². The van der Waals surface area contributed by atoms with E-state index in [-0.39, 0.29) is 4.81 Å². The van der Waals surface area contributed by atoms with E-state index in [9.17, 15) is 4.79 Å². The number of hydrogen-bond acceptors (Lipinski definition) is 1. The molecule has 0 unspecified atom stereocenters. The number of carbonyl (C=O) groups excluding carboxylic acids is 1. The van der Waals surface area contributed by atoms with Crippen LogP contribution in [0.4, 0.5) is 4.79 Å². The molecule has 3 nitrogen and oxygen atoms in total. The molecule has 0 aromatic carbocycles. The Hall–Kier alpha value is -0.0505. The molecule has 1 amide bonds. The summed E-state index contributed by atoms with van der Waals surface area (Å²) in [6, 6.07) is 0. The second-order valence-electron chi connectivity index (χ2n) is 5.53. The first-order valence-corrected chi connectivity index (χ1v) is 9.77. The van der Waals surface area contributed by atoms with Gasteiger partial charge in [0.05, 0.1) is 13.1 Å². The fourth-order valence-electron chi connectivity index (χ4n) is 1.83. The van der Waals surface area contributed by atoms with E-state index in [1.807, 2.05) is 4.90 Å². The summed E-state index contributed by atoms with van der Waals surface area (Å²) < 4.78 is 0. The predicted molar refractivity (Wildman–Crippen MR) is 94.0 cm³/mol. The first-order chi connectivity index (χ1) is 10.1. The minimum Gasteiger partial charge on any atom is -0.346 e. The molecule has 0 fully saturated rings. The van der Waals surface area contributed by atoms with Crippen molar-refractivity contribution in [3.8, 4) is 0 Å². The van der Waals surface area contributed by atoms with Crippen molar-refractivity contribution < 1.29 is 10.1 Å². The molecule has 0 bridgehead atoms. The molecule has 21 heavy (non-hydrogen) atoms. The number of nitrogens with two attached hydrogens (primary N) is 1. The second kappa shape index (κ2) is 19.9. The number of nitrogens with zero attached hydrogens (tertiary/aromatic N) is 1. The largest absolute Gasteiger partial charge is 0.346 e. The van der Waals surface area contributed by atoms with E-state index >= 15 is 0 Å². The summed E-state index contributed by atoms with van der Waals surface area (Å²) in [5, 5.41) is 2.42. The molecule has 0 spiro atoms. The molecule has 0 aromatic rings. The molecule has 0 rings (SSSR count). The Morgan fingerprint density at radius 1 is 0.810 bits per heavy atom. The van der Waals surface area contributed by atoms with Crippen LogP contribution in [0.3, 0.4) is 0 Å². The molecule has 0 saturated heterocycles. The summed E-state index contributed by atoms with van der Waals surface area (Å²) >= 11 is 2.54. The third kappa shape index (κ3) is 19.9. The summed E-state index contributed by atoms with van der Waals surface area (Å²) in [5.41, 5.74) is 0. The molecule has 0 heterocycles. The molecular formula is C17H38N2OSe. The van der Waals surface area contributed by atoms with Crippen LogP contribution in [-0.4, -0.2) is 51.9 Å². The normalized spacial score (nSPS) is 9.90. The van der Waals surface area contributed by atoms with E-state index in [0.29, 0.717) is 0 Å². The smallest absolute Gasteiger partial charge is 0.0755 e. The van der Waals surface area contributed by atoms with Gasteiger partial charge in [-0.05, 0) is 12.8 Å². The number of carbonyl (C=O) groups is 1. The van der Waals surface area contributed by atoms with E-state index < -0.39 is 0 Å². The maximum absolute atomic E-state index is 11.0. The number of amides is 1. The molecule has 0 aliphatic carbocycles. The van der Waals surface area contributed by atoms with Gasteiger partial charge >= 0.3 is 83.1 Å². The molecule has 0 aliphatic rings. The monoisotopic (exact) mass is 366 g/mol. The minimum absolute atomic E-state index is 0.0944. The van der Waals surface area contributed by atoms with Gasteiger partial charge in [0.15, 0.2) is 0 Å². The zero-order chi connectivity index (χ0) is 16.3. The molecule has 0 atom stereocenters. The Morgan fingerprint density at radius 2 is 1.19 bits per heavy atom. The van der Waals surface area contributed by atoms with Crippen LogP contribution >= 0.6 is 0 Å².